The molecule has 1 aliphatic heterocycles. The van der Waals surface area contributed by atoms with Crippen LogP contribution in [0, 0.1) is 5.92 Å². The molecule has 110 valence electrons. The number of carbonyl (C=O) groups is 1. The first-order chi connectivity index (χ1) is 9.36. The fourth-order valence-electron chi connectivity index (χ4n) is 2.19. The van der Waals surface area contributed by atoms with Crippen LogP contribution < -0.4 is 5.73 Å². The molecule has 0 radical (unpaired) electrons. The van der Waals surface area contributed by atoms with Crippen LogP contribution in [0.5, 0.6) is 0 Å². The van der Waals surface area contributed by atoms with Crippen molar-refractivity contribution in [2.75, 3.05) is 19.6 Å². The van der Waals surface area contributed by atoms with Gasteiger partial charge >= 0.3 is 5.97 Å². The molecule has 0 aromatic heterocycles. The number of rotatable bonds is 4. The molecule has 0 bridgehead atoms. The lowest BCUT2D eigenvalue weighted by Crippen LogP contribution is -2.30. The Morgan fingerprint density at radius 1 is 1.50 bits per heavy atom. The lowest BCUT2D eigenvalue weighted by atomic mass is 10.1. The van der Waals surface area contributed by atoms with Gasteiger partial charge in [-0.15, -0.1) is 0 Å². The number of benzene rings is 1. The molecule has 1 fully saturated rings. The maximum atomic E-state index is 12.4. The molecule has 1 unspecified atom stereocenters. The largest absolute Gasteiger partial charge is 0.478 e. The van der Waals surface area contributed by atoms with Crippen LogP contribution in [0.25, 0.3) is 0 Å². The third-order valence-corrected chi connectivity index (χ3v) is 5.58. The molecule has 0 saturated carbocycles. The molecule has 0 amide bonds. The van der Waals surface area contributed by atoms with E-state index < -0.39 is 16.0 Å². The quantitative estimate of drug-likeness (QED) is 0.862. The minimum absolute atomic E-state index is 0.0118. The van der Waals surface area contributed by atoms with Crippen molar-refractivity contribution in [1.29, 1.82) is 0 Å². The lowest BCUT2D eigenvalue weighted by molar-refractivity contribution is 0.0697. The average Bonchev–Trinajstić information content (AvgIpc) is 2.88. The Morgan fingerprint density at radius 3 is 2.75 bits per heavy atom. The summed E-state index contributed by atoms with van der Waals surface area (Å²) in [5.41, 5.74) is 5.32. The molecule has 3 N–H and O–H groups in total. The Morgan fingerprint density at radius 2 is 2.20 bits per heavy atom. The Balaban J connectivity index is 2.35. The number of halogens is 1. The third kappa shape index (κ3) is 2.80. The van der Waals surface area contributed by atoms with Gasteiger partial charge in [0, 0.05) is 13.1 Å². The standard InChI is InChI=1S/C12H15ClN2O4S/c13-11-2-1-9(5-10(11)12(16)17)20(18,19)15-4-3-8(6-14)7-15/h1-2,5,8H,3-4,6-7,14H2,(H,16,17). The Labute approximate surface area is 122 Å². The summed E-state index contributed by atoms with van der Waals surface area (Å²) in [6.45, 7) is 1.20. The maximum absolute atomic E-state index is 12.4. The number of hydrogen-bond donors (Lipinski definition) is 2. The zero-order valence-electron chi connectivity index (χ0n) is 10.6. The third-order valence-electron chi connectivity index (χ3n) is 3.39. The van der Waals surface area contributed by atoms with E-state index in [1.54, 1.807) is 0 Å². The predicted molar refractivity (Wildman–Crippen MR) is 74.3 cm³/mol. The summed E-state index contributed by atoms with van der Waals surface area (Å²) in [7, 11) is -3.70. The molecule has 1 saturated heterocycles. The molecule has 1 heterocycles. The van der Waals surface area contributed by atoms with Crippen molar-refractivity contribution in [3.63, 3.8) is 0 Å². The molecule has 1 aromatic carbocycles. The summed E-state index contributed by atoms with van der Waals surface area (Å²) in [6, 6.07) is 3.70. The number of hydrogen-bond acceptors (Lipinski definition) is 4. The highest BCUT2D eigenvalue weighted by Gasteiger charge is 2.32. The highest BCUT2D eigenvalue weighted by atomic mass is 35.5. The van der Waals surface area contributed by atoms with Crippen molar-refractivity contribution >= 4 is 27.6 Å². The maximum Gasteiger partial charge on any atom is 0.337 e. The highest BCUT2D eigenvalue weighted by Crippen LogP contribution is 2.26. The van der Waals surface area contributed by atoms with Gasteiger partial charge in [-0.3, -0.25) is 0 Å². The van der Waals surface area contributed by atoms with Crippen LogP contribution in [-0.2, 0) is 10.0 Å². The molecule has 0 spiro atoms. The molecule has 1 atom stereocenters. The number of carboxylic acids is 1. The zero-order valence-corrected chi connectivity index (χ0v) is 12.2. The molecule has 2 rings (SSSR count). The topological polar surface area (TPSA) is 101 Å². The fourth-order valence-corrected chi connectivity index (χ4v) is 3.94. The minimum atomic E-state index is -3.70. The molecular formula is C12H15ClN2O4S. The summed E-state index contributed by atoms with van der Waals surface area (Å²) in [4.78, 5) is 11.0. The van der Waals surface area contributed by atoms with Crippen molar-refractivity contribution in [1.82, 2.24) is 4.31 Å². The summed E-state index contributed by atoms with van der Waals surface area (Å²) in [5.74, 6) is -1.11. The van der Waals surface area contributed by atoms with Crippen LogP contribution in [0.3, 0.4) is 0 Å². The van der Waals surface area contributed by atoms with Gasteiger partial charge in [-0.05, 0) is 37.1 Å². The van der Waals surface area contributed by atoms with Crippen molar-refractivity contribution in [3.8, 4) is 0 Å². The summed E-state index contributed by atoms with van der Waals surface area (Å²) in [5, 5.41) is 9.00. The van der Waals surface area contributed by atoms with E-state index >= 15 is 0 Å². The van der Waals surface area contributed by atoms with Gasteiger partial charge in [0.2, 0.25) is 10.0 Å². The molecule has 1 aliphatic rings. The summed E-state index contributed by atoms with van der Waals surface area (Å²) in [6.07, 6.45) is 0.717. The van der Waals surface area contributed by atoms with Gasteiger partial charge in [0.25, 0.3) is 0 Å². The Bertz CT molecular complexity index is 632. The second kappa shape index (κ2) is 5.69. The monoisotopic (exact) mass is 318 g/mol. The minimum Gasteiger partial charge on any atom is -0.478 e. The van der Waals surface area contributed by atoms with Gasteiger partial charge < -0.3 is 10.8 Å². The normalized spacial score (nSPS) is 20.2. The van der Waals surface area contributed by atoms with Crippen molar-refractivity contribution < 1.29 is 18.3 Å². The zero-order chi connectivity index (χ0) is 14.9. The number of aromatic carboxylic acids is 1. The van der Waals surface area contributed by atoms with Crippen LogP contribution in [0.15, 0.2) is 23.1 Å². The first-order valence-corrected chi connectivity index (χ1v) is 7.91. The number of carboxylic acid groups (broad SMARTS) is 1. The van der Waals surface area contributed by atoms with E-state index in [0.717, 1.165) is 12.5 Å². The van der Waals surface area contributed by atoms with E-state index in [4.69, 9.17) is 22.4 Å². The second-order valence-corrected chi connectivity index (χ2v) is 7.05. The van der Waals surface area contributed by atoms with Crippen molar-refractivity contribution in [2.45, 2.75) is 11.3 Å². The van der Waals surface area contributed by atoms with E-state index in [1.165, 1.54) is 16.4 Å². The molecule has 8 heteroatoms. The fraction of sp³-hybridized carbons (Fsp3) is 0.417. The highest BCUT2D eigenvalue weighted by molar-refractivity contribution is 7.89. The number of nitrogens with zero attached hydrogens (tertiary/aromatic N) is 1. The molecule has 0 aliphatic carbocycles. The SMILES string of the molecule is NCC1CCN(S(=O)(=O)c2ccc(Cl)c(C(=O)O)c2)C1. The van der Waals surface area contributed by atoms with Crippen LogP contribution >= 0.6 is 11.6 Å². The molecule has 20 heavy (non-hydrogen) atoms. The van der Waals surface area contributed by atoms with Gasteiger partial charge in [-0.25, -0.2) is 13.2 Å². The van der Waals surface area contributed by atoms with Crippen molar-refractivity contribution in [3.05, 3.63) is 28.8 Å². The molecular weight excluding hydrogens is 304 g/mol. The first kappa shape index (κ1) is 15.2. The summed E-state index contributed by atoms with van der Waals surface area (Å²) >= 11 is 5.74. The smallest absolute Gasteiger partial charge is 0.337 e. The average molecular weight is 319 g/mol. The van der Waals surface area contributed by atoms with E-state index in [-0.39, 0.29) is 21.4 Å². The molecule has 1 aromatic rings. The van der Waals surface area contributed by atoms with Crippen LogP contribution in [0.2, 0.25) is 5.02 Å². The van der Waals surface area contributed by atoms with Gasteiger partial charge in [-0.1, -0.05) is 11.6 Å². The Hall–Kier alpha value is -1.15. The van der Waals surface area contributed by atoms with Gasteiger partial charge in [0.15, 0.2) is 0 Å². The van der Waals surface area contributed by atoms with Gasteiger partial charge in [-0.2, -0.15) is 4.31 Å². The predicted octanol–water partition coefficient (Wildman–Crippen LogP) is 1.01. The first-order valence-electron chi connectivity index (χ1n) is 6.09. The van der Waals surface area contributed by atoms with Crippen LogP contribution in [0.1, 0.15) is 16.8 Å². The summed E-state index contributed by atoms with van der Waals surface area (Å²) < 4.78 is 26.2. The Kier molecular flexibility index (Phi) is 4.33. The second-order valence-electron chi connectivity index (χ2n) is 4.70. The van der Waals surface area contributed by atoms with Crippen LogP contribution in [0.4, 0.5) is 0 Å². The number of nitrogens with two attached hydrogens (primary N) is 1. The van der Waals surface area contributed by atoms with Crippen molar-refractivity contribution in [2.24, 2.45) is 11.7 Å². The van der Waals surface area contributed by atoms with E-state index in [0.29, 0.717) is 19.6 Å². The van der Waals surface area contributed by atoms with Crippen LogP contribution in [-0.4, -0.2) is 43.4 Å². The van der Waals surface area contributed by atoms with E-state index in [9.17, 15) is 13.2 Å². The van der Waals surface area contributed by atoms with E-state index in [1.807, 2.05) is 0 Å². The van der Waals surface area contributed by atoms with Gasteiger partial charge in [0.1, 0.15) is 0 Å². The van der Waals surface area contributed by atoms with E-state index in [2.05, 4.69) is 0 Å². The number of sulfonamides is 1. The lowest BCUT2D eigenvalue weighted by Gasteiger charge is -2.16. The molecule has 6 nitrogen and oxygen atoms in total. The van der Waals surface area contributed by atoms with Gasteiger partial charge in [0.05, 0.1) is 15.5 Å².